The Labute approximate surface area is 178 Å². The van der Waals surface area contributed by atoms with Crippen molar-refractivity contribution in [3.05, 3.63) is 77.6 Å². The summed E-state index contributed by atoms with van der Waals surface area (Å²) in [5, 5.41) is 0. The zero-order chi connectivity index (χ0) is 22.4. The zero-order valence-electron chi connectivity index (χ0n) is 17.1. The van der Waals surface area contributed by atoms with Crippen LogP contribution in [-0.2, 0) is 6.42 Å². The van der Waals surface area contributed by atoms with Crippen LogP contribution in [-0.4, -0.2) is 13.0 Å². The molecule has 0 aromatic heterocycles. The predicted octanol–water partition coefficient (Wildman–Crippen LogP) is 7.81. The van der Waals surface area contributed by atoms with Crippen molar-refractivity contribution in [3.63, 3.8) is 0 Å². The summed E-state index contributed by atoms with van der Waals surface area (Å²) in [7, 11) is 0. The molecule has 0 N–H and O–H groups in total. The number of rotatable bonds is 9. The van der Waals surface area contributed by atoms with Crippen LogP contribution in [0.1, 0.15) is 31.7 Å². The van der Waals surface area contributed by atoms with Crippen LogP contribution in [0.25, 0.3) is 22.3 Å². The highest BCUT2D eigenvalue weighted by molar-refractivity contribution is 5.72. The summed E-state index contributed by atoms with van der Waals surface area (Å²) in [6.07, 6.45) is 1.61. The lowest BCUT2D eigenvalue weighted by atomic mass is 9.97. The smallest absolute Gasteiger partial charge is 0.272 e. The van der Waals surface area contributed by atoms with Gasteiger partial charge < -0.3 is 4.74 Å². The lowest BCUT2D eigenvalue weighted by molar-refractivity contribution is 0.0795. The molecular formula is C25H23F5O. The molecule has 0 aliphatic rings. The van der Waals surface area contributed by atoms with Gasteiger partial charge in [0.1, 0.15) is 12.4 Å². The van der Waals surface area contributed by atoms with E-state index in [2.05, 4.69) is 11.7 Å². The molecule has 164 valence electrons. The lowest BCUT2D eigenvalue weighted by Gasteiger charge is -2.12. The molecule has 0 heterocycles. The average Bonchev–Trinajstić information content (AvgIpc) is 2.76. The molecule has 0 radical (unpaired) electrons. The number of hydrogen-bond acceptors (Lipinski definition) is 1. The van der Waals surface area contributed by atoms with Gasteiger partial charge in [0, 0.05) is 11.1 Å². The lowest BCUT2D eigenvalue weighted by Crippen LogP contribution is -2.09. The van der Waals surface area contributed by atoms with E-state index in [0.717, 1.165) is 37.0 Å². The first-order valence-electron chi connectivity index (χ1n) is 10.2. The van der Waals surface area contributed by atoms with E-state index >= 15 is 0 Å². The van der Waals surface area contributed by atoms with Crippen molar-refractivity contribution in [1.82, 2.24) is 0 Å². The highest BCUT2D eigenvalue weighted by Crippen LogP contribution is 2.33. The fourth-order valence-electron chi connectivity index (χ4n) is 3.36. The topological polar surface area (TPSA) is 9.23 Å². The number of benzene rings is 3. The van der Waals surface area contributed by atoms with Crippen LogP contribution in [0.5, 0.6) is 5.75 Å². The number of ether oxygens (including phenoxy) is 1. The summed E-state index contributed by atoms with van der Waals surface area (Å²) in [6, 6.07) is 14.2. The molecule has 0 bridgehead atoms. The molecule has 1 nitrogen and oxygen atoms in total. The Hall–Kier alpha value is -2.89. The fraction of sp³-hybridized carbons (Fsp3) is 0.280. The van der Waals surface area contributed by atoms with Crippen LogP contribution < -0.4 is 4.74 Å². The molecule has 0 aliphatic heterocycles. The van der Waals surface area contributed by atoms with Gasteiger partial charge in [0.25, 0.3) is 6.43 Å². The monoisotopic (exact) mass is 434 g/mol. The van der Waals surface area contributed by atoms with Gasteiger partial charge in [-0.25, -0.2) is 17.6 Å². The highest BCUT2D eigenvalue weighted by atomic mass is 19.3. The van der Waals surface area contributed by atoms with Crippen LogP contribution in [0.3, 0.4) is 0 Å². The Morgan fingerprint density at radius 1 is 0.774 bits per heavy atom. The van der Waals surface area contributed by atoms with E-state index in [0.29, 0.717) is 5.56 Å². The van der Waals surface area contributed by atoms with Crippen molar-refractivity contribution >= 4 is 0 Å². The van der Waals surface area contributed by atoms with Gasteiger partial charge in [-0.05, 0) is 47.7 Å². The molecule has 6 heteroatoms. The molecule has 0 aliphatic carbocycles. The second kappa shape index (κ2) is 10.4. The first-order chi connectivity index (χ1) is 14.9. The van der Waals surface area contributed by atoms with E-state index in [4.69, 9.17) is 0 Å². The number of halogens is 5. The third-order valence-electron chi connectivity index (χ3n) is 5.03. The number of alkyl halides is 2. The van der Waals surface area contributed by atoms with E-state index in [1.54, 1.807) is 6.07 Å². The van der Waals surface area contributed by atoms with Gasteiger partial charge in [-0.15, -0.1) is 0 Å². The first-order valence-corrected chi connectivity index (χ1v) is 10.2. The molecule has 0 atom stereocenters. The number of aryl methyl sites for hydroxylation is 1. The zero-order valence-corrected chi connectivity index (χ0v) is 17.1. The Bertz CT molecular complexity index is 1020. The van der Waals surface area contributed by atoms with Crippen LogP contribution >= 0.6 is 0 Å². The molecule has 0 saturated heterocycles. The second-order valence-electron chi connectivity index (χ2n) is 7.29. The first kappa shape index (κ1) is 22.8. The van der Waals surface area contributed by atoms with Gasteiger partial charge in [0.2, 0.25) is 5.82 Å². The van der Waals surface area contributed by atoms with Crippen LogP contribution in [0.2, 0.25) is 0 Å². The number of unbranched alkanes of at least 4 members (excludes halogenated alkanes) is 2. The van der Waals surface area contributed by atoms with Gasteiger partial charge in [-0.3, -0.25) is 0 Å². The summed E-state index contributed by atoms with van der Waals surface area (Å²) in [5.41, 5.74) is 2.20. The molecule has 3 aromatic carbocycles. The van der Waals surface area contributed by atoms with Crippen molar-refractivity contribution in [1.29, 1.82) is 0 Å². The van der Waals surface area contributed by atoms with Crippen molar-refractivity contribution in [2.75, 3.05) is 6.61 Å². The quantitative estimate of drug-likeness (QED) is 0.246. The largest absolute Gasteiger partial charge is 0.484 e. The Kier molecular flexibility index (Phi) is 7.66. The SMILES string of the molecule is CCCCCc1ccc(-c2ccc(-c3ccc(OCC(F)F)c(F)c3F)c(F)c2)cc1. The standard InChI is InChI=1S/C25H23F5O/c1-2-3-4-5-16-6-8-17(9-7-16)18-10-11-19(21(26)14-18)20-12-13-22(25(30)24(20)29)31-15-23(27)28/h6-14,23H,2-5,15H2,1H3. The van der Waals surface area contributed by atoms with Gasteiger partial charge in [0.05, 0.1) is 0 Å². The van der Waals surface area contributed by atoms with Crippen LogP contribution in [0, 0.1) is 17.5 Å². The molecule has 0 spiro atoms. The highest BCUT2D eigenvalue weighted by Gasteiger charge is 2.19. The van der Waals surface area contributed by atoms with Crippen LogP contribution in [0.15, 0.2) is 54.6 Å². The second-order valence-corrected chi connectivity index (χ2v) is 7.29. The van der Waals surface area contributed by atoms with Crippen molar-refractivity contribution in [2.45, 2.75) is 39.0 Å². The van der Waals surface area contributed by atoms with Gasteiger partial charge in [-0.1, -0.05) is 56.2 Å². The summed E-state index contributed by atoms with van der Waals surface area (Å²) >= 11 is 0. The van der Waals surface area contributed by atoms with E-state index in [-0.39, 0.29) is 11.1 Å². The third-order valence-corrected chi connectivity index (χ3v) is 5.03. The maximum Gasteiger partial charge on any atom is 0.272 e. The molecule has 0 amide bonds. The Morgan fingerprint density at radius 3 is 2.10 bits per heavy atom. The molecule has 31 heavy (non-hydrogen) atoms. The van der Waals surface area contributed by atoms with E-state index < -0.39 is 36.2 Å². The minimum Gasteiger partial charge on any atom is -0.484 e. The number of hydrogen-bond donors (Lipinski definition) is 0. The summed E-state index contributed by atoms with van der Waals surface area (Å²) < 4.78 is 72.4. The van der Waals surface area contributed by atoms with E-state index in [1.807, 2.05) is 24.3 Å². The molecule has 0 unspecified atom stereocenters. The fourth-order valence-corrected chi connectivity index (χ4v) is 3.36. The minimum atomic E-state index is -2.82. The van der Waals surface area contributed by atoms with Crippen molar-refractivity contribution < 1.29 is 26.7 Å². The van der Waals surface area contributed by atoms with Crippen molar-refractivity contribution in [2.24, 2.45) is 0 Å². The van der Waals surface area contributed by atoms with Gasteiger partial charge in [0.15, 0.2) is 11.6 Å². The predicted molar refractivity (Wildman–Crippen MR) is 112 cm³/mol. The molecule has 0 saturated carbocycles. The molecular weight excluding hydrogens is 411 g/mol. The Morgan fingerprint density at radius 2 is 1.45 bits per heavy atom. The van der Waals surface area contributed by atoms with Crippen LogP contribution in [0.4, 0.5) is 22.0 Å². The molecule has 0 fully saturated rings. The van der Waals surface area contributed by atoms with Gasteiger partial charge in [-0.2, -0.15) is 4.39 Å². The summed E-state index contributed by atoms with van der Waals surface area (Å²) in [5.74, 6) is -4.14. The van der Waals surface area contributed by atoms with E-state index in [1.165, 1.54) is 24.1 Å². The molecule has 3 aromatic rings. The minimum absolute atomic E-state index is 0.128. The van der Waals surface area contributed by atoms with E-state index in [9.17, 15) is 22.0 Å². The van der Waals surface area contributed by atoms with Crippen molar-refractivity contribution in [3.8, 4) is 28.0 Å². The summed E-state index contributed by atoms with van der Waals surface area (Å²) in [6.45, 7) is 1.09. The third kappa shape index (κ3) is 5.63. The average molecular weight is 434 g/mol. The Balaban J connectivity index is 1.82. The van der Waals surface area contributed by atoms with Gasteiger partial charge >= 0.3 is 0 Å². The normalized spacial score (nSPS) is 11.2. The maximum absolute atomic E-state index is 14.8. The summed E-state index contributed by atoms with van der Waals surface area (Å²) in [4.78, 5) is 0. The maximum atomic E-state index is 14.8. The molecule has 3 rings (SSSR count).